The second kappa shape index (κ2) is 8.67. The first-order chi connectivity index (χ1) is 11.6. The van der Waals surface area contributed by atoms with Crippen LogP contribution in [0.25, 0.3) is 11.1 Å². The summed E-state index contributed by atoms with van der Waals surface area (Å²) in [5.74, 6) is -0.207. The molecule has 1 aromatic heterocycles. The number of nitrogens with zero attached hydrogens (tertiary/aromatic N) is 1. The van der Waals surface area contributed by atoms with Crippen LogP contribution in [0.15, 0.2) is 48.8 Å². The van der Waals surface area contributed by atoms with Gasteiger partial charge in [0.25, 0.3) is 0 Å². The summed E-state index contributed by atoms with van der Waals surface area (Å²) in [6.07, 6.45) is 3.55. The largest absolute Gasteiger partial charge is 0.355 e. The molecule has 126 valence electrons. The minimum atomic E-state index is -0.370. The van der Waals surface area contributed by atoms with Crippen LogP contribution < -0.4 is 16.0 Å². The molecule has 6 heteroatoms. The number of rotatable bonds is 6. The number of hydrogen-bond donors (Lipinski definition) is 3. The van der Waals surface area contributed by atoms with Gasteiger partial charge in [-0.2, -0.15) is 0 Å². The number of carbonyl (C=O) groups is 2. The van der Waals surface area contributed by atoms with E-state index in [0.717, 1.165) is 16.7 Å². The summed E-state index contributed by atoms with van der Waals surface area (Å²) in [5.41, 5.74) is 3.10. The molecule has 0 fully saturated rings. The summed E-state index contributed by atoms with van der Waals surface area (Å²) in [5, 5.41) is 7.97. The fraction of sp³-hybridized carbons (Fsp3) is 0.278. The maximum Gasteiger partial charge on any atom is 0.315 e. The van der Waals surface area contributed by atoms with Gasteiger partial charge in [0.1, 0.15) is 0 Å². The monoisotopic (exact) mass is 326 g/mol. The van der Waals surface area contributed by atoms with Crippen LogP contribution in [0.5, 0.6) is 0 Å². The van der Waals surface area contributed by atoms with Crippen molar-refractivity contribution in [2.45, 2.75) is 19.9 Å². The van der Waals surface area contributed by atoms with Crippen LogP contribution in [0.1, 0.15) is 25.5 Å². The van der Waals surface area contributed by atoms with E-state index >= 15 is 0 Å². The third-order valence-corrected chi connectivity index (χ3v) is 3.54. The number of likely N-dealkylation sites (N-methyl/N-ethyl adjacent to an activating group) is 1. The van der Waals surface area contributed by atoms with Gasteiger partial charge in [0, 0.05) is 18.9 Å². The molecule has 0 aliphatic rings. The van der Waals surface area contributed by atoms with E-state index in [1.807, 2.05) is 56.4 Å². The van der Waals surface area contributed by atoms with E-state index < -0.39 is 0 Å². The number of pyridine rings is 1. The molecule has 0 bridgehead atoms. The molecule has 1 atom stereocenters. The van der Waals surface area contributed by atoms with Gasteiger partial charge in [-0.25, -0.2) is 4.79 Å². The molecule has 0 spiro atoms. The quantitative estimate of drug-likeness (QED) is 0.761. The van der Waals surface area contributed by atoms with Crippen LogP contribution >= 0.6 is 0 Å². The predicted molar refractivity (Wildman–Crippen MR) is 93.3 cm³/mol. The van der Waals surface area contributed by atoms with Gasteiger partial charge >= 0.3 is 6.03 Å². The molecule has 0 aliphatic heterocycles. The van der Waals surface area contributed by atoms with Crippen molar-refractivity contribution in [3.05, 3.63) is 54.4 Å². The van der Waals surface area contributed by atoms with E-state index in [4.69, 9.17) is 0 Å². The number of hydrogen-bond acceptors (Lipinski definition) is 3. The standard InChI is InChI=1S/C18H22N4O2/c1-3-20-17(23)12-21-18(24)22-13(2)14-6-8-15(9-7-14)16-5-4-10-19-11-16/h4-11,13H,3,12H2,1-2H3,(H,20,23)(H2,21,22,24)/t13-/m1/s1. The number of nitrogens with one attached hydrogen (secondary N) is 3. The van der Waals surface area contributed by atoms with Gasteiger partial charge in [0.05, 0.1) is 12.6 Å². The van der Waals surface area contributed by atoms with Gasteiger partial charge < -0.3 is 16.0 Å². The fourth-order valence-electron chi connectivity index (χ4n) is 2.25. The normalized spacial score (nSPS) is 11.4. The van der Waals surface area contributed by atoms with Crippen LogP contribution in [-0.4, -0.2) is 30.0 Å². The Labute approximate surface area is 141 Å². The van der Waals surface area contributed by atoms with Crippen LogP contribution in [0.3, 0.4) is 0 Å². The van der Waals surface area contributed by atoms with Gasteiger partial charge in [-0.3, -0.25) is 9.78 Å². The first-order valence-electron chi connectivity index (χ1n) is 7.91. The zero-order chi connectivity index (χ0) is 17.4. The van der Waals surface area contributed by atoms with Crippen molar-refractivity contribution in [1.29, 1.82) is 0 Å². The summed E-state index contributed by atoms with van der Waals surface area (Å²) in [4.78, 5) is 27.2. The maximum atomic E-state index is 11.8. The van der Waals surface area contributed by atoms with Gasteiger partial charge in [0.15, 0.2) is 0 Å². The highest BCUT2D eigenvalue weighted by atomic mass is 16.2. The summed E-state index contributed by atoms with van der Waals surface area (Å²) in [7, 11) is 0. The molecule has 1 aromatic carbocycles. The zero-order valence-corrected chi connectivity index (χ0v) is 13.9. The molecule has 2 aromatic rings. The Kier molecular flexibility index (Phi) is 6.31. The molecular weight excluding hydrogens is 304 g/mol. The first-order valence-corrected chi connectivity index (χ1v) is 7.91. The van der Waals surface area contributed by atoms with Gasteiger partial charge in [0.2, 0.25) is 5.91 Å². The highest BCUT2D eigenvalue weighted by Gasteiger charge is 2.10. The Hall–Kier alpha value is -2.89. The Morgan fingerprint density at radius 3 is 2.46 bits per heavy atom. The molecule has 24 heavy (non-hydrogen) atoms. The molecule has 1 heterocycles. The lowest BCUT2D eigenvalue weighted by atomic mass is 10.0. The number of aromatic nitrogens is 1. The maximum absolute atomic E-state index is 11.8. The van der Waals surface area contributed by atoms with Crippen molar-refractivity contribution in [3.8, 4) is 11.1 Å². The van der Waals surface area contributed by atoms with E-state index in [9.17, 15) is 9.59 Å². The van der Waals surface area contributed by atoms with Crippen LogP contribution in [0.2, 0.25) is 0 Å². The molecule has 0 aliphatic carbocycles. The van der Waals surface area contributed by atoms with Crippen LogP contribution in [0, 0.1) is 0 Å². The SMILES string of the molecule is CCNC(=O)CNC(=O)N[C@H](C)c1ccc(-c2cccnc2)cc1. The van der Waals surface area contributed by atoms with E-state index in [1.165, 1.54) is 0 Å². The molecule has 0 saturated carbocycles. The Morgan fingerprint density at radius 1 is 1.08 bits per heavy atom. The van der Waals surface area contributed by atoms with Crippen molar-refractivity contribution in [2.24, 2.45) is 0 Å². The number of amides is 3. The Bertz CT molecular complexity index is 671. The second-order valence-electron chi connectivity index (χ2n) is 5.37. The number of urea groups is 1. The summed E-state index contributed by atoms with van der Waals surface area (Å²) in [6, 6.07) is 11.3. The van der Waals surface area contributed by atoms with Crippen molar-refractivity contribution in [1.82, 2.24) is 20.9 Å². The Morgan fingerprint density at radius 2 is 1.83 bits per heavy atom. The molecule has 6 nitrogen and oxygen atoms in total. The average Bonchev–Trinajstić information content (AvgIpc) is 2.61. The fourth-order valence-corrected chi connectivity index (χ4v) is 2.25. The molecular formula is C18H22N4O2. The molecule has 0 saturated heterocycles. The summed E-state index contributed by atoms with van der Waals surface area (Å²) in [6.45, 7) is 4.23. The lowest BCUT2D eigenvalue weighted by Crippen LogP contribution is -2.42. The molecule has 0 unspecified atom stereocenters. The molecule has 2 rings (SSSR count). The highest BCUT2D eigenvalue weighted by molar-refractivity contribution is 5.84. The van der Waals surface area contributed by atoms with Crippen molar-refractivity contribution in [2.75, 3.05) is 13.1 Å². The van der Waals surface area contributed by atoms with E-state index in [-0.39, 0.29) is 24.5 Å². The molecule has 3 amide bonds. The van der Waals surface area contributed by atoms with E-state index in [2.05, 4.69) is 20.9 Å². The first kappa shape index (κ1) is 17.5. The minimum absolute atomic E-state index is 0.0354. The predicted octanol–water partition coefficient (Wildman–Crippen LogP) is 2.24. The van der Waals surface area contributed by atoms with Crippen LogP contribution in [0.4, 0.5) is 4.79 Å². The summed E-state index contributed by atoms with van der Waals surface area (Å²) < 4.78 is 0. The number of benzene rings is 1. The van der Waals surface area contributed by atoms with Crippen molar-refractivity contribution >= 4 is 11.9 Å². The Balaban J connectivity index is 1.89. The van der Waals surface area contributed by atoms with Gasteiger partial charge in [-0.05, 0) is 36.6 Å². The average molecular weight is 326 g/mol. The van der Waals surface area contributed by atoms with Gasteiger partial charge in [-0.15, -0.1) is 0 Å². The lowest BCUT2D eigenvalue weighted by molar-refractivity contribution is -0.119. The van der Waals surface area contributed by atoms with Crippen LogP contribution in [-0.2, 0) is 4.79 Å². The second-order valence-corrected chi connectivity index (χ2v) is 5.37. The number of carbonyl (C=O) groups excluding carboxylic acids is 2. The van der Waals surface area contributed by atoms with Gasteiger partial charge in [-0.1, -0.05) is 30.3 Å². The van der Waals surface area contributed by atoms with Crippen molar-refractivity contribution < 1.29 is 9.59 Å². The van der Waals surface area contributed by atoms with E-state index in [0.29, 0.717) is 6.54 Å². The summed E-state index contributed by atoms with van der Waals surface area (Å²) >= 11 is 0. The molecule has 3 N–H and O–H groups in total. The van der Waals surface area contributed by atoms with E-state index in [1.54, 1.807) is 6.20 Å². The highest BCUT2D eigenvalue weighted by Crippen LogP contribution is 2.21. The third-order valence-electron chi connectivity index (χ3n) is 3.54. The lowest BCUT2D eigenvalue weighted by Gasteiger charge is -2.15. The zero-order valence-electron chi connectivity index (χ0n) is 13.9. The minimum Gasteiger partial charge on any atom is -0.355 e. The topological polar surface area (TPSA) is 83.1 Å². The molecule has 0 radical (unpaired) electrons. The smallest absolute Gasteiger partial charge is 0.315 e. The third kappa shape index (κ3) is 5.08. The van der Waals surface area contributed by atoms with Crippen molar-refractivity contribution in [3.63, 3.8) is 0 Å².